The minimum absolute atomic E-state index is 0.0236. The summed E-state index contributed by atoms with van der Waals surface area (Å²) in [5, 5.41) is 4.65. The van der Waals surface area contributed by atoms with E-state index < -0.39 is 5.38 Å². The smallest absolute Gasteiger partial charge is 0.270 e. The summed E-state index contributed by atoms with van der Waals surface area (Å²) >= 11 is 7.24. The van der Waals surface area contributed by atoms with Crippen molar-refractivity contribution in [3.8, 4) is 0 Å². The van der Waals surface area contributed by atoms with Gasteiger partial charge in [0, 0.05) is 17.5 Å². The van der Waals surface area contributed by atoms with E-state index in [0.717, 1.165) is 5.01 Å². The maximum atomic E-state index is 12.1. The van der Waals surface area contributed by atoms with E-state index >= 15 is 0 Å². The van der Waals surface area contributed by atoms with E-state index in [-0.39, 0.29) is 23.9 Å². The Morgan fingerprint density at radius 2 is 1.95 bits per heavy atom. The van der Waals surface area contributed by atoms with Crippen molar-refractivity contribution in [3.63, 3.8) is 0 Å². The van der Waals surface area contributed by atoms with Gasteiger partial charge in [0.25, 0.3) is 5.91 Å². The molecular weight excluding hydrogens is 310 g/mol. The van der Waals surface area contributed by atoms with Crippen LogP contribution in [0.1, 0.15) is 50.1 Å². The SMILES string of the molecule is CC(C)NC(=O)c1csc(CN(C(=O)C(C)Cl)C(C)C)n1. The number of hydrogen-bond donors (Lipinski definition) is 1. The molecule has 1 N–H and O–H groups in total. The maximum Gasteiger partial charge on any atom is 0.270 e. The Morgan fingerprint density at radius 1 is 1.33 bits per heavy atom. The van der Waals surface area contributed by atoms with Crippen LogP contribution in [0.25, 0.3) is 0 Å². The topological polar surface area (TPSA) is 62.3 Å². The number of alkyl halides is 1. The Bertz CT molecular complexity index is 500. The van der Waals surface area contributed by atoms with Gasteiger partial charge in [0.1, 0.15) is 16.1 Å². The highest BCUT2D eigenvalue weighted by Gasteiger charge is 2.23. The Hall–Kier alpha value is -1.14. The number of carbonyl (C=O) groups is 2. The van der Waals surface area contributed by atoms with Gasteiger partial charge in [-0.05, 0) is 34.6 Å². The maximum absolute atomic E-state index is 12.1. The first kappa shape index (κ1) is 17.9. The van der Waals surface area contributed by atoms with Crippen LogP contribution in [0.15, 0.2) is 5.38 Å². The van der Waals surface area contributed by atoms with Gasteiger partial charge in [0.15, 0.2) is 0 Å². The summed E-state index contributed by atoms with van der Waals surface area (Å²) < 4.78 is 0. The van der Waals surface area contributed by atoms with Crippen LogP contribution in [-0.2, 0) is 11.3 Å². The van der Waals surface area contributed by atoms with Gasteiger partial charge in [-0.3, -0.25) is 9.59 Å². The normalized spacial score (nSPS) is 12.6. The molecule has 2 amide bonds. The summed E-state index contributed by atoms with van der Waals surface area (Å²) in [5.41, 5.74) is 0.388. The third-order valence-electron chi connectivity index (χ3n) is 2.76. The first-order valence-electron chi connectivity index (χ1n) is 6.92. The largest absolute Gasteiger partial charge is 0.349 e. The highest BCUT2D eigenvalue weighted by atomic mass is 35.5. The minimum atomic E-state index is -0.573. The van der Waals surface area contributed by atoms with E-state index in [9.17, 15) is 9.59 Å². The zero-order valence-corrected chi connectivity index (χ0v) is 14.6. The number of amides is 2. The van der Waals surface area contributed by atoms with E-state index in [2.05, 4.69) is 10.3 Å². The van der Waals surface area contributed by atoms with Crippen molar-refractivity contribution in [1.29, 1.82) is 0 Å². The summed E-state index contributed by atoms with van der Waals surface area (Å²) in [7, 11) is 0. The number of hydrogen-bond acceptors (Lipinski definition) is 4. The molecule has 0 aliphatic heterocycles. The molecule has 0 bridgehead atoms. The van der Waals surface area contributed by atoms with E-state index in [1.165, 1.54) is 11.3 Å². The van der Waals surface area contributed by atoms with Crippen LogP contribution in [0, 0.1) is 0 Å². The fourth-order valence-electron chi connectivity index (χ4n) is 1.71. The van der Waals surface area contributed by atoms with Crippen LogP contribution in [0.4, 0.5) is 0 Å². The molecule has 1 atom stereocenters. The lowest BCUT2D eigenvalue weighted by Crippen LogP contribution is -2.40. The van der Waals surface area contributed by atoms with E-state index in [0.29, 0.717) is 12.2 Å². The molecule has 5 nitrogen and oxygen atoms in total. The fraction of sp³-hybridized carbons (Fsp3) is 0.643. The van der Waals surface area contributed by atoms with Gasteiger partial charge in [-0.2, -0.15) is 0 Å². The standard InChI is InChI=1S/C14H22ClN3O2S/c1-8(2)16-13(19)11-7-21-12(17-11)6-18(9(3)4)14(20)10(5)15/h7-10H,6H2,1-5H3,(H,16,19). The van der Waals surface area contributed by atoms with E-state index in [4.69, 9.17) is 11.6 Å². The van der Waals surface area contributed by atoms with Crippen molar-refractivity contribution >= 4 is 34.8 Å². The third-order valence-corrected chi connectivity index (χ3v) is 3.78. The zero-order valence-electron chi connectivity index (χ0n) is 13.0. The first-order valence-corrected chi connectivity index (χ1v) is 8.23. The Balaban J connectivity index is 2.80. The Morgan fingerprint density at radius 3 is 2.43 bits per heavy atom. The predicted molar refractivity (Wildman–Crippen MR) is 85.7 cm³/mol. The third kappa shape index (κ3) is 5.28. The lowest BCUT2D eigenvalue weighted by Gasteiger charge is -2.26. The van der Waals surface area contributed by atoms with Crippen LogP contribution in [-0.4, -0.2) is 39.2 Å². The van der Waals surface area contributed by atoms with Crippen molar-refractivity contribution in [2.24, 2.45) is 0 Å². The van der Waals surface area contributed by atoms with Crippen LogP contribution in [0.2, 0.25) is 0 Å². The molecule has 1 heterocycles. The molecule has 0 radical (unpaired) electrons. The highest BCUT2D eigenvalue weighted by Crippen LogP contribution is 2.16. The van der Waals surface area contributed by atoms with Crippen LogP contribution in [0.3, 0.4) is 0 Å². The molecule has 0 aromatic carbocycles. The monoisotopic (exact) mass is 331 g/mol. The molecule has 0 fully saturated rings. The average molecular weight is 332 g/mol. The van der Waals surface area contributed by atoms with Gasteiger partial charge in [-0.1, -0.05) is 0 Å². The molecule has 0 saturated carbocycles. The molecule has 0 saturated heterocycles. The Kier molecular flexibility index (Phi) is 6.61. The summed E-state index contributed by atoms with van der Waals surface area (Å²) in [6, 6.07) is 0.0871. The number of nitrogens with one attached hydrogen (secondary N) is 1. The highest BCUT2D eigenvalue weighted by molar-refractivity contribution is 7.09. The molecule has 7 heteroatoms. The van der Waals surface area contributed by atoms with E-state index in [1.807, 2.05) is 27.7 Å². The number of halogens is 1. The Labute approximate surface area is 134 Å². The second kappa shape index (κ2) is 7.75. The molecule has 0 aliphatic rings. The summed E-state index contributed by atoms with van der Waals surface area (Å²) in [6.07, 6.45) is 0. The lowest BCUT2D eigenvalue weighted by molar-refractivity contribution is -0.132. The van der Waals surface area contributed by atoms with Crippen molar-refractivity contribution in [2.75, 3.05) is 0 Å². The van der Waals surface area contributed by atoms with Gasteiger partial charge < -0.3 is 10.2 Å². The van der Waals surface area contributed by atoms with Gasteiger partial charge in [-0.15, -0.1) is 22.9 Å². The van der Waals surface area contributed by atoms with Crippen molar-refractivity contribution < 1.29 is 9.59 Å². The lowest BCUT2D eigenvalue weighted by atomic mass is 10.3. The molecule has 118 valence electrons. The van der Waals surface area contributed by atoms with Crippen LogP contribution in [0.5, 0.6) is 0 Å². The number of thiazole rings is 1. The quantitative estimate of drug-likeness (QED) is 0.815. The second-order valence-electron chi connectivity index (χ2n) is 5.43. The van der Waals surface area contributed by atoms with Gasteiger partial charge in [0.05, 0.1) is 6.54 Å². The van der Waals surface area contributed by atoms with Gasteiger partial charge >= 0.3 is 0 Å². The van der Waals surface area contributed by atoms with E-state index in [1.54, 1.807) is 17.2 Å². The van der Waals surface area contributed by atoms with Crippen LogP contribution >= 0.6 is 22.9 Å². The van der Waals surface area contributed by atoms with Crippen LogP contribution < -0.4 is 5.32 Å². The summed E-state index contributed by atoms with van der Waals surface area (Å²) in [5.74, 6) is -0.323. The molecule has 1 rings (SSSR count). The van der Waals surface area contributed by atoms with Gasteiger partial charge in [-0.25, -0.2) is 4.98 Å². The summed E-state index contributed by atoms with van der Waals surface area (Å²) in [4.78, 5) is 29.9. The molecule has 1 unspecified atom stereocenters. The molecule has 1 aromatic rings. The minimum Gasteiger partial charge on any atom is -0.349 e. The van der Waals surface area contributed by atoms with Crippen molar-refractivity contribution in [2.45, 2.75) is 58.6 Å². The summed E-state index contributed by atoms with van der Waals surface area (Å²) in [6.45, 7) is 9.67. The molecule has 21 heavy (non-hydrogen) atoms. The molecular formula is C14H22ClN3O2S. The average Bonchev–Trinajstić information content (AvgIpc) is 2.82. The predicted octanol–water partition coefficient (Wildman–Crippen LogP) is 2.65. The number of rotatable bonds is 6. The van der Waals surface area contributed by atoms with Crippen molar-refractivity contribution in [3.05, 3.63) is 16.1 Å². The van der Waals surface area contributed by atoms with Crippen molar-refractivity contribution in [1.82, 2.24) is 15.2 Å². The second-order valence-corrected chi connectivity index (χ2v) is 7.03. The van der Waals surface area contributed by atoms with Gasteiger partial charge in [0.2, 0.25) is 5.91 Å². The number of aromatic nitrogens is 1. The molecule has 1 aromatic heterocycles. The number of carbonyl (C=O) groups excluding carboxylic acids is 2. The molecule has 0 aliphatic carbocycles. The first-order chi connectivity index (χ1) is 9.72. The fourth-order valence-corrected chi connectivity index (χ4v) is 2.61. The number of nitrogens with zero attached hydrogens (tertiary/aromatic N) is 2. The zero-order chi connectivity index (χ0) is 16.2. The molecule has 0 spiro atoms.